The zero-order chi connectivity index (χ0) is 30.6. The van der Waals surface area contributed by atoms with Gasteiger partial charge in [0, 0.05) is 71.0 Å². The Balaban J connectivity index is 1.08. The largest absolute Gasteiger partial charge is 0.477 e. The number of hydrogen-bond donors (Lipinski definition) is 2. The molecule has 3 aromatic heterocycles. The van der Waals surface area contributed by atoms with Crippen molar-refractivity contribution < 1.29 is 24.2 Å². The monoisotopic (exact) mass is 628 g/mol. The van der Waals surface area contributed by atoms with E-state index in [2.05, 4.69) is 15.2 Å². The van der Waals surface area contributed by atoms with Gasteiger partial charge < -0.3 is 20.1 Å². The highest BCUT2D eigenvalue weighted by Crippen LogP contribution is 2.46. The molecule has 226 valence electrons. The van der Waals surface area contributed by atoms with Gasteiger partial charge in [-0.15, -0.1) is 22.7 Å². The van der Waals surface area contributed by atoms with Gasteiger partial charge in [-0.1, -0.05) is 0 Å². The molecular weight excluding hydrogens is 597 g/mol. The summed E-state index contributed by atoms with van der Waals surface area (Å²) in [6, 6.07) is 12.6. The number of nitrogens with zero attached hydrogens (tertiary/aromatic N) is 3. The van der Waals surface area contributed by atoms with Gasteiger partial charge in [-0.05, 0) is 86.7 Å². The number of anilines is 3. The second kappa shape index (κ2) is 11.1. The summed E-state index contributed by atoms with van der Waals surface area (Å²) >= 11 is 2.79. The van der Waals surface area contributed by atoms with Crippen molar-refractivity contribution in [1.82, 2.24) is 4.98 Å². The number of aromatic nitrogens is 1. The van der Waals surface area contributed by atoms with E-state index in [9.17, 15) is 19.5 Å². The lowest BCUT2D eigenvalue weighted by Gasteiger charge is -2.53. The number of aryl methyl sites for hydroxylation is 2. The number of carbonyl (C=O) groups is 3. The molecule has 44 heavy (non-hydrogen) atoms. The Labute approximate surface area is 263 Å². The lowest BCUT2D eigenvalue weighted by molar-refractivity contribution is -0.000512. The topological polar surface area (TPSA) is 112 Å². The molecule has 3 aliphatic rings. The van der Waals surface area contributed by atoms with Crippen molar-refractivity contribution in [3.8, 4) is 10.4 Å². The molecule has 0 aliphatic carbocycles. The molecule has 2 amide bonds. The van der Waals surface area contributed by atoms with E-state index >= 15 is 0 Å². The van der Waals surface area contributed by atoms with Crippen molar-refractivity contribution in [3.05, 3.63) is 80.7 Å². The van der Waals surface area contributed by atoms with E-state index < -0.39 is 5.97 Å². The molecule has 4 aromatic rings. The highest BCUT2D eigenvalue weighted by atomic mass is 32.1. The van der Waals surface area contributed by atoms with Crippen LogP contribution in [0.2, 0.25) is 0 Å². The van der Waals surface area contributed by atoms with Crippen LogP contribution in [0.25, 0.3) is 10.4 Å². The zero-order valence-corrected chi connectivity index (χ0v) is 26.1. The fourth-order valence-electron chi connectivity index (χ4n) is 6.41. The number of benzene rings is 1. The summed E-state index contributed by atoms with van der Waals surface area (Å²) in [6.07, 6.45) is 4.44. The number of ether oxygens (including phenoxy) is 1. The van der Waals surface area contributed by atoms with E-state index in [1.807, 2.05) is 26.0 Å². The minimum Gasteiger partial charge on any atom is -0.477 e. The predicted molar refractivity (Wildman–Crippen MR) is 173 cm³/mol. The SMILES string of the molecule is Cc1cnc(N2CC3(CCOCC3)C2)c(C(=O)Nc2ccc(C(=O)N3CCc4cc(C(=O)O)sc4-c4cc(C)sc43)cc2)c1. The summed E-state index contributed by atoms with van der Waals surface area (Å²) < 4.78 is 5.55. The molecule has 1 aromatic carbocycles. The predicted octanol–water partition coefficient (Wildman–Crippen LogP) is 6.26. The summed E-state index contributed by atoms with van der Waals surface area (Å²) in [7, 11) is 0. The minimum atomic E-state index is -0.935. The molecular formula is C33H32N4O5S2. The summed E-state index contributed by atoms with van der Waals surface area (Å²) in [5.74, 6) is -0.606. The average molecular weight is 629 g/mol. The molecule has 7 rings (SSSR count). The third kappa shape index (κ3) is 5.18. The van der Waals surface area contributed by atoms with Crippen LogP contribution in [0.15, 0.2) is 48.7 Å². The maximum atomic E-state index is 13.8. The second-order valence-electron chi connectivity index (χ2n) is 11.9. The lowest BCUT2D eigenvalue weighted by Crippen LogP contribution is -2.59. The Hall–Kier alpha value is -4.06. The number of hydrogen-bond acceptors (Lipinski definition) is 8. The standard InChI is InChI=1S/C33H32N4O5S2/c1-19-13-25(28(34-16-19)36-17-33(18-36)8-11-42-12-9-33)29(38)35-23-5-3-21(4-6-23)30(39)37-10-7-22-15-26(32(40)41)44-27(22)24-14-20(2)43-31(24)37/h3-6,13-16H,7-12,17-18H2,1-2H3,(H,35,38)(H,40,41). The Morgan fingerprint density at radius 3 is 2.50 bits per heavy atom. The lowest BCUT2D eigenvalue weighted by atomic mass is 9.73. The van der Waals surface area contributed by atoms with Gasteiger partial charge in [0.25, 0.3) is 11.8 Å². The first-order valence-electron chi connectivity index (χ1n) is 14.7. The van der Waals surface area contributed by atoms with Crippen LogP contribution in [0.3, 0.4) is 0 Å². The fraction of sp³-hybridized carbons (Fsp3) is 0.333. The van der Waals surface area contributed by atoms with Crippen molar-refractivity contribution in [1.29, 1.82) is 0 Å². The molecule has 3 aliphatic heterocycles. The highest BCUT2D eigenvalue weighted by molar-refractivity contribution is 7.20. The summed E-state index contributed by atoms with van der Waals surface area (Å²) in [5, 5.41) is 13.3. The molecule has 9 nitrogen and oxygen atoms in total. The number of amides is 2. The zero-order valence-electron chi connectivity index (χ0n) is 24.5. The van der Waals surface area contributed by atoms with Crippen LogP contribution < -0.4 is 15.1 Å². The Morgan fingerprint density at radius 1 is 1.02 bits per heavy atom. The first kappa shape index (κ1) is 28.7. The van der Waals surface area contributed by atoms with Gasteiger partial charge in [0.1, 0.15) is 15.7 Å². The van der Waals surface area contributed by atoms with Crippen LogP contribution in [0.5, 0.6) is 0 Å². The molecule has 0 unspecified atom stereocenters. The number of carboxylic acid groups (broad SMARTS) is 1. The van der Waals surface area contributed by atoms with Crippen LogP contribution in [-0.2, 0) is 11.2 Å². The smallest absolute Gasteiger partial charge is 0.345 e. The summed E-state index contributed by atoms with van der Waals surface area (Å²) in [4.78, 5) is 49.8. The van der Waals surface area contributed by atoms with Crippen LogP contribution >= 0.6 is 22.7 Å². The van der Waals surface area contributed by atoms with Crippen LogP contribution in [0, 0.1) is 19.3 Å². The molecule has 1 spiro atoms. The summed E-state index contributed by atoms with van der Waals surface area (Å²) in [5.41, 5.74) is 4.66. The molecule has 2 saturated heterocycles. The summed E-state index contributed by atoms with van der Waals surface area (Å²) in [6.45, 7) is 7.69. The second-order valence-corrected chi connectivity index (χ2v) is 14.2. The van der Waals surface area contributed by atoms with Crippen LogP contribution in [0.4, 0.5) is 16.5 Å². The van der Waals surface area contributed by atoms with E-state index in [4.69, 9.17) is 4.74 Å². The van der Waals surface area contributed by atoms with E-state index in [-0.39, 0.29) is 17.2 Å². The van der Waals surface area contributed by atoms with Gasteiger partial charge in [-0.3, -0.25) is 14.5 Å². The first-order chi connectivity index (χ1) is 21.2. The number of aromatic carboxylic acids is 1. The van der Waals surface area contributed by atoms with Crippen molar-refractivity contribution in [2.45, 2.75) is 33.1 Å². The number of thiophene rings is 2. The number of carboxylic acids is 1. The van der Waals surface area contributed by atoms with Gasteiger partial charge in [0.15, 0.2) is 0 Å². The number of pyridine rings is 1. The molecule has 2 fully saturated rings. The van der Waals surface area contributed by atoms with E-state index in [0.29, 0.717) is 40.5 Å². The van der Waals surface area contributed by atoms with Gasteiger partial charge in [0.2, 0.25) is 0 Å². The van der Waals surface area contributed by atoms with Crippen LogP contribution in [0.1, 0.15) is 59.2 Å². The molecule has 6 heterocycles. The van der Waals surface area contributed by atoms with Gasteiger partial charge >= 0.3 is 5.97 Å². The van der Waals surface area contributed by atoms with Crippen molar-refractivity contribution in [3.63, 3.8) is 0 Å². The minimum absolute atomic E-state index is 0.135. The molecule has 0 radical (unpaired) electrons. The fourth-order valence-corrected chi connectivity index (χ4v) is 8.57. The quantitative estimate of drug-likeness (QED) is 0.268. The average Bonchev–Trinajstić information content (AvgIpc) is 3.57. The van der Waals surface area contributed by atoms with Gasteiger partial charge in [-0.25, -0.2) is 9.78 Å². The van der Waals surface area contributed by atoms with E-state index in [1.54, 1.807) is 41.4 Å². The van der Waals surface area contributed by atoms with Gasteiger partial charge in [-0.2, -0.15) is 0 Å². The van der Waals surface area contributed by atoms with E-state index in [0.717, 1.165) is 70.6 Å². The number of nitrogens with one attached hydrogen (secondary N) is 1. The maximum absolute atomic E-state index is 13.8. The molecule has 2 N–H and O–H groups in total. The Morgan fingerprint density at radius 2 is 1.77 bits per heavy atom. The van der Waals surface area contributed by atoms with Crippen molar-refractivity contribution in [2.24, 2.45) is 5.41 Å². The highest BCUT2D eigenvalue weighted by Gasteiger charge is 2.45. The molecule has 0 bridgehead atoms. The number of fused-ring (bicyclic) bond motifs is 3. The van der Waals surface area contributed by atoms with Gasteiger partial charge in [0.05, 0.1) is 5.56 Å². The van der Waals surface area contributed by atoms with Crippen LogP contribution in [-0.4, -0.2) is 60.7 Å². The van der Waals surface area contributed by atoms with E-state index in [1.165, 1.54) is 22.7 Å². The Bertz CT molecular complexity index is 1780. The van der Waals surface area contributed by atoms with Crippen molar-refractivity contribution in [2.75, 3.05) is 48.0 Å². The number of carbonyl (C=O) groups excluding carboxylic acids is 2. The normalized spacial score (nSPS) is 17.0. The number of rotatable bonds is 5. The third-order valence-corrected chi connectivity index (χ3v) is 11.0. The molecule has 11 heteroatoms. The Kier molecular flexibility index (Phi) is 7.26. The molecule has 0 atom stereocenters. The maximum Gasteiger partial charge on any atom is 0.345 e. The first-order valence-corrected chi connectivity index (χ1v) is 16.3. The molecule has 0 saturated carbocycles. The van der Waals surface area contributed by atoms with Crippen molar-refractivity contribution >= 4 is 57.0 Å². The third-order valence-electron chi connectivity index (χ3n) is 8.74.